The number of ether oxygens (including phenoxy) is 1. The van der Waals surface area contributed by atoms with Crippen LogP contribution in [0.3, 0.4) is 0 Å². The molecule has 1 aromatic heterocycles. The standard InChI is InChI=1S/C13H21ClN2OS/c1-3-10(15)13(11-4-5-12(14)18-11)16(2)9-6-7-17-8-9/h4-5,9-10,13H,3,6-8,15H2,1-2H3. The normalized spacial score (nSPS) is 23.5. The average molecular weight is 289 g/mol. The van der Waals surface area contributed by atoms with Crippen molar-refractivity contribution in [2.24, 2.45) is 5.73 Å². The molecule has 18 heavy (non-hydrogen) atoms. The van der Waals surface area contributed by atoms with Gasteiger partial charge in [-0.2, -0.15) is 0 Å². The molecule has 0 aliphatic carbocycles. The minimum Gasteiger partial charge on any atom is -0.380 e. The van der Waals surface area contributed by atoms with Crippen LogP contribution in [-0.2, 0) is 4.74 Å². The summed E-state index contributed by atoms with van der Waals surface area (Å²) in [5.41, 5.74) is 6.31. The van der Waals surface area contributed by atoms with Gasteiger partial charge in [-0.25, -0.2) is 0 Å². The minimum atomic E-state index is 0.130. The molecule has 1 aromatic rings. The van der Waals surface area contributed by atoms with Crippen molar-refractivity contribution >= 4 is 22.9 Å². The van der Waals surface area contributed by atoms with Crippen LogP contribution in [0.2, 0.25) is 4.34 Å². The van der Waals surface area contributed by atoms with Gasteiger partial charge in [0.2, 0.25) is 0 Å². The molecule has 102 valence electrons. The summed E-state index contributed by atoms with van der Waals surface area (Å²) in [5.74, 6) is 0. The lowest BCUT2D eigenvalue weighted by Crippen LogP contribution is -2.43. The highest BCUT2D eigenvalue weighted by molar-refractivity contribution is 7.16. The van der Waals surface area contributed by atoms with E-state index in [1.807, 2.05) is 6.07 Å². The second kappa shape index (κ2) is 6.35. The third-order valence-electron chi connectivity index (χ3n) is 3.68. The van der Waals surface area contributed by atoms with Crippen LogP contribution in [0.1, 0.15) is 30.7 Å². The van der Waals surface area contributed by atoms with E-state index in [1.165, 1.54) is 4.88 Å². The molecule has 1 fully saturated rings. The van der Waals surface area contributed by atoms with E-state index in [4.69, 9.17) is 22.1 Å². The molecule has 2 heterocycles. The van der Waals surface area contributed by atoms with Gasteiger partial charge in [0.1, 0.15) is 0 Å². The zero-order valence-corrected chi connectivity index (χ0v) is 12.5. The first kappa shape index (κ1) is 14.3. The predicted octanol–water partition coefficient (Wildman–Crippen LogP) is 2.90. The summed E-state index contributed by atoms with van der Waals surface area (Å²) in [7, 11) is 2.15. The van der Waals surface area contributed by atoms with E-state index >= 15 is 0 Å². The first-order valence-corrected chi connectivity index (χ1v) is 7.63. The lowest BCUT2D eigenvalue weighted by molar-refractivity contribution is 0.121. The third-order valence-corrected chi connectivity index (χ3v) is 4.98. The van der Waals surface area contributed by atoms with E-state index in [2.05, 4.69) is 24.9 Å². The summed E-state index contributed by atoms with van der Waals surface area (Å²) in [5, 5.41) is 0. The van der Waals surface area contributed by atoms with Gasteiger partial charge < -0.3 is 10.5 Å². The summed E-state index contributed by atoms with van der Waals surface area (Å²) in [6, 6.07) is 4.88. The second-order valence-electron chi connectivity index (χ2n) is 4.84. The maximum Gasteiger partial charge on any atom is 0.0931 e. The first-order valence-electron chi connectivity index (χ1n) is 6.44. The molecular weight excluding hydrogens is 268 g/mol. The number of likely N-dealkylation sites (N-methyl/N-ethyl adjacent to an activating group) is 1. The molecule has 0 bridgehead atoms. The van der Waals surface area contributed by atoms with Crippen molar-refractivity contribution in [2.75, 3.05) is 20.3 Å². The van der Waals surface area contributed by atoms with Gasteiger partial charge in [-0.1, -0.05) is 18.5 Å². The van der Waals surface area contributed by atoms with Gasteiger partial charge in [0.25, 0.3) is 0 Å². The lowest BCUT2D eigenvalue weighted by atomic mass is 10.0. The zero-order chi connectivity index (χ0) is 13.1. The second-order valence-corrected chi connectivity index (χ2v) is 6.59. The fourth-order valence-corrected chi connectivity index (χ4v) is 3.78. The highest BCUT2D eigenvalue weighted by atomic mass is 35.5. The van der Waals surface area contributed by atoms with Gasteiger partial charge in [0.15, 0.2) is 0 Å². The molecule has 0 amide bonds. The summed E-state index contributed by atoms with van der Waals surface area (Å²) in [6.07, 6.45) is 2.04. The molecule has 0 radical (unpaired) electrons. The lowest BCUT2D eigenvalue weighted by Gasteiger charge is -2.35. The van der Waals surface area contributed by atoms with Crippen LogP contribution < -0.4 is 5.73 Å². The zero-order valence-electron chi connectivity index (χ0n) is 10.9. The number of thiophene rings is 1. The topological polar surface area (TPSA) is 38.5 Å². The molecule has 2 rings (SSSR count). The molecule has 3 nitrogen and oxygen atoms in total. The van der Waals surface area contributed by atoms with Crippen molar-refractivity contribution in [3.8, 4) is 0 Å². The highest BCUT2D eigenvalue weighted by Crippen LogP contribution is 2.34. The van der Waals surface area contributed by atoms with Crippen LogP contribution in [0, 0.1) is 0 Å². The minimum absolute atomic E-state index is 0.130. The number of halogens is 1. The van der Waals surface area contributed by atoms with E-state index < -0.39 is 0 Å². The van der Waals surface area contributed by atoms with E-state index in [-0.39, 0.29) is 12.1 Å². The van der Waals surface area contributed by atoms with E-state index in [9.17, 15) is 0 Å². The molecule has 3 atom stereocenters. The number of hydrogen-bond donors (Lipinski definition) is 1. The Balaban J connectivity index is 2.18. The molecule has 0 spiro atoms. The van der Waals surface area contributed by atoms with Crippen molar-refractivity contribution in [2.45, 2.75) is 37.9 Å². The van der Waals surface area contributed by atoms with Gasteiger partial charge in [-0.05, 0) is 32.0 Å². The molecule has 1 aliphatic rings. The molecule has 5 heteroatoms. The largest absolute Gasteiger partial charge is 0.380 e. The molecular formula is C13H21ClN2OS. The first-order chi connectivity index (χ1) is 8.63. The number of nitrogens with two attached hydrogens (primary N) is 1. The maximum absolute atomic E-state index is 6.31. The van der Waals surface area contributed by atoms with Crippen molar-refractivity contribution < 1.29 is 4.74 Å². The fraction of sp³-hybridized carbons (Fsp3) is 0.692. The van der Waals surface area contributed by atoms with Crippen LogP contribution in [-0.4, -0.2) is 37.2 Å². The monoisotopic (exact) mass is 288 g/mol. The molecule has 0 aromatic carbocycles. The smallest absolute Gasteiger partial charge is 0.0931 e. The number of hydrogen-bond acceptors (Lipinski definition) is 4. The van der Waals surface area contributed by atoms with Gasteiger partial charge in [-0.15, -0.1) is 11.3 Å². The van der Waals surface area contributed by atoms with Gasteiger partial charge >= 0.3 is 0 Å². The summed E-state index contributed by atoms with van der Waals surface area (Å²) in [4.78, 5) is 3.62. The average Bonchev–Trinajstić information content (AvgIpc) is 3.00. The Kier molecular flexibility index (Phi) is 5.04. The Morgan fingerprint density at radius 2 is 2.39 bits per heavy atom. The molecule has 1 saturated heterocycles. The van der Waals surface area contributed by atoms with Crippen molar-refractivity contribution in [3.63, 3.8) is 0 Å². The predicted molar refractivity (Wildman–Crippen MR) is 77.3 cm³/mol. The number of rotatable bonds is 5. The quantitative estimate of drug-likeness (QED) is 0.905. The Morgan fingerprint density at radius 1 is 1.61 bits per heavy atom. The van der Waals surface area contributed by atoms with E-state index in [0.717, 1.165) is 30.4 Å². The Hall–Kier alpha value is -0.130. The van der Waals surface area contributed by atoms with Gasteiger partial charge in [0, 0.05) is 23.6 Å². The Bertz CT molecular complexity index is 379. The maximum atomic E-state index is 6.31. The van der Waals surface area contributed by atoms with Crippen LogP contribution in [0.15, 0.2) is 12.1 Å². The third kappa shape index (κ3) is 3.06. The van der Waals surface area contributed by atoms with E-state index in [0.29, 0.717) is 6.04 Å². The van der Waals surface area contributed by atoms with Gasteiger partial charge in [0.05, 0.1) is 17.0 Å². The van der Waals surface area contributed by atoms with Crippen molar-refractivity contribution in [1.82, 2.24) is 4.90 Å². The van der Waals surface area contributed by atoms with Crippen LogP contribution in [0.5, 0.6) is 0 Å². The molecule has 0 saturated carbocycles. The molecule has 2 N–H and O–H groups in total. The Labute approximate surface area is 118 Å². The Morgan fingerprint density at radius 3 is 2.89 bits per heavy atom. The van der Waals surface area contributed by atoms with Crippen LogP contribution in [0.4, 0.5) is 0 Å². The van der Waals surface area contributed by atoms with Crippen molar-refractivity contribution in [1.29, 1.82) is 0 Å². The fourth-order valence-electron chi connectivity index (χ4n) is 2.49. The van der Waals surface area contributed by atoms with Crippen molar-refractivity contribution in [3.05, 3.63) is 21.3 Å². The van der Waals surface area contributed by atoms with Gasteiger partial charge in [-0.3, -0.25) is 4.90 Å². The summed E-state index contributed by atoms with van der Waals surface area (Å²) < 4.78 is 6.31. The SMILES string of the molecule is CCC(N)C(c1ccc(Cl)s1)N(C)C1CCOC1. The summed E-state index contributed by atoms with van der Waals surface area (Å²) >= 11 is 7.68. The van der Waals surface area contributed by atoms with E-state index in [1.54, 1.807) is 11.3 Å². The molecule has 1 aliphatic heterocycles. The number of nitrogens with zero attached hydrogens (tertiary/aromatic N) is 1. The van der Waals surface area contributed by atoms with Crippen LogP contribution in [0.25, 0.3) is 0 Å². The van der Waals surface area contributed by atoms with Crippen LogP contribution >= 0.6 is 22.9 Å². The highest BCUT2D eigenvalue weighted by Gasteiger charge is 2.31. The molecule has 3 unspecified atom stereocenters. The summed E-state index contributed by atoms with van der Waals surface area (Å²) in [6.45, 7) is 3.79.